The average Bonchev–Trinajstić information content (AvgIpc) is 3.26. The van der Waals surface area contributed by atoms with Crippen LogP contribution in [0.2, 0.25) is 0 Å². The van der Waals surface area contributed by atoms with Crippen LogP contribution in [0.5, 0.6) is 0 Å². The molecule has 4 unspecified atom stereocenters. The smallest absolute Gasteiger partial charge is 0.328 e. The van der Waals surface area contributed by atoms with Gasteiger partial charge in [-0.3, -0.25) is 19.2 Å². The number of aliphatic hydroxyl groups is 1. The van der Waals surface area contributed by atoms with Crippen LogP contribution in [-0.4, -0.2) is 91.5 Å². The number of amides is 3. The number of rotatable bonds is 14. The summed E-state index contributed by atoms with van der Waals surface area (Å²) in [5, 5.41) is 33.7. The van der Waals surface area contributed by atoms with Crippen LogP contribution < -0.4 is 21.7 Å². The molecule has 0 saturated heterocycles. The average molecular weight is 474 g/mol. The Labute approximate surface area is 187 Å². The minimum absolute atomic E-state index is 0.00556. The molecule has 15 heteroatoms. The molecule has 1 heterocycles. The topological polar surface area (TPSA) is 237 Å². The van der Waals surface area contributed by atoms with Gasteiger partial charge in [-0.25, -0.2) is 9.78 Å². The fourth-order valence-corrected chi connectivity index (χ4v) is 2.62. The molecule has 0 aliphatic carbocycles. The maximum atomic E-state index is 12.9. The second-order valence-corrected chi connectivity index (χ2v) is 7.07. The number of nitrogens with one attached hydrogen (secondary N) is 4. The van der Waals surface area contributed by atoms with Crippen LogP contribution in [0.3, 0.4) is 0 Å². The van der Waals surface area contributed by atoms with Crippen molar-refractivity contribution >= 4 is 42.3 Å². The van der Waals surface area contributed by atoms with Gasteiger partial charge in [-0.05, 0) is 6.42 Å². The Morgan fingerprint density at radius 3 is 2.12 bits per heavy atom. The van der Waals surface area contributed by atoms with E-state index in [4.69, 9.17) is 21.1 Å². The number of carbonyl (C=O) groups is 5. The first-order chi connectivity index (χ1) is 15.1. The van der Waals surface area contributed by atoms with Gasteiger partial charge in [-0.1, -0.05) is 0 Å². The molecule has 0 radical (unpaired) electrons. The first-order valence-electron chi connectivity index (χ1n) is 9.39. The number of aliphatic hydroxyl groups excluding tert-OH is 1. The van der Waals surface area contributed by atoms with Gasteiger partial charge >= 0.3 is 11.9 Å². The van der Waals surface area contributed by atoms with Crippen LogP contribution in [0.4, 0.5) is 0 Å². The highest BCUT2D eigenvalue weighted by molar-refractivity contribution is 7.80. The maximum Gasteiger partial charge on any atom is 0.328 e. The molecule has 3 amide bonds. The molecule has 4 atom stereocenters. The van der Waals surface area contributed by atoms with Crippen molar-refractivity contribution in [1.82, 2.24) is 25.9 Å². The second-order valence-electron chi connectivity index (χ2n) is 6.71. The molecule has 0 bridgehead atoms. The number of hydrogen-bond acceptors (Lipinski definition) is 9. The number of hydrogen-bond donors (Lipinski definition) is 9. The van der Waals surface area contributed by atoms with E-state index in [0.717, 1.165) is 0 Å². The highest BCUT2D eigenvalue weighted by Gasteiger charge is 2.30. The van der Waals surface area contributed by atoms with E-state index in [-0.39, 0.29) is 18.6 Å². The lowest BCUT2D eigenvalue weighted by Gasteiger charge is -2.24. The van der Waals surface area contributed by atoms with Gasteiger partial charge in [0.1, 0.15) is 18.1 Å². The van der Waals surface area contributed by atoms with Gasteiger partial charge in [-0.2, -0.15) is 12.6 Å². The number of carboxylic acid groups (broad SMARTS) is 2. The van der Waals surface area contributed by atoms with Crippen LogP contribution in [0, 0.1) is 0 Å². The summed E-state index contributed by atoms with van der Waals surface area (Å²) in [6, 6.07) is -5.34. The number of aromatic nitrogens is 2. The van der Waals surface area contributed by atoms with E-state index in [1.165, 1.54) is 12.5 Å². The summed E-state index contributed by atoms with van der Waals surface area (Å²) in [5.41, 5.74) is 6.09. The van der Waals surface area contributed by atoms with E-state index in [1.54, 1.807) is 0 Å². The molecule has 9 N–H and O–H groups in total. The summed E-state index contributed by atoms with van der Waals surface area (Å²) in [5.74, 6) is -5.31. The van der Waals surface area contributed by atoms with Crippen LogP contribution >= 0.6 is 12.6 Å². The van der Waals surface area contributed by atoms with Crippen molar-refractivity contribution in [3.8, 4) is 0 Å². The molecular weight excluding hydrogens is 448 g/mol. The molecule has 0 fully saturated rings. The third-order valence-corrected chi connectivity index (χ3v) is 4.62. The monoisotopic (exact) mass is 474 g/mol. The Balaban J connectivity index is 3.02. The van der Waals surface area contributed by atoms with E-state index in [0.29, 0.717) is 5.69 Å². The summed E-state index contributed by atoms with van der Waals surface area (Å²) in [6.45, 7) is -0.916. The second kappa shape index (κ2) is 13.3. The number of carboxylic acids is 2. The lowest BCUT2D eigenvalue weighted by Crippen LogP contribution is -2.58. The summed E-state index contributed by atoms with van der Waals surface area (Å²) >= 11 is 3.93. The largest absolute Gasteiger partial charge is 0.481 e. The number of nitrogens with zero attached hydrogens (tertiary/aromatic N) is 1. The van der Waals surface area contributed by atoms with Gasteiger partial charge in [0.15, 0.2) is 0 Å². The maximum absolute atomic E-state index is 12.9. The Kier molecular flexibility index (Phi) is 11.2. The van der Waals surface area contributed by atoms with Crippen molar-refractivity contribution in [3.05, 3.63) is 18.2 Å². The van der Waals surface area contributed by atoms with Crippen molar-refractivity contribution < 1.29 is 39.3 Å². The Morgan fingerprint density at radius 2 is 1.62 bits per heavy atom. The van der Waals surface area contributed by atoms with Gasteiger partial charge in [0.05, 0.1) is 19.0 Å². The normalized spacial score (nSPS) is 14.5. The molecule has 32 heavy (non-hydrogen) atoms. The highest BCUT2D eigenvalue weighted by Crippen LogP contribution is 2.04. The fraction of sp³-hybridized carbons (Fsp3) is 0.529. The van der Waals surface area contributed by atoms with Crippen molar-refractivity contribution in [2.24, 2.45) is 5.73 Å². The summed E-state index contributed by atoms with van der Waals surface area (Å²) in [7, 11) is 0. The fourth-order valence-electron chi connectivity index (χ4n) is 2.45. The van der Waals surface area contributed by atoms with Crippen LogP contribution in [0.25, 0.3) is 0 Å². The van der Waals surface area contributed by atoms with Crippen LogP contribution in [0.15, 0.2) is 12.5 Å². The SMILES string of the molecule is NC(CS)C(=O)NC(Cc1cnc[nH]1)C(=O)NC(CCC(=O)O)C(=O)NC(CO)C(=O)O. The molecule has 178 valence electrons. The number of aromatic amines is 1. The van der Waals surface area contributed by atoms with Crippen molar-refractivity contribution in [2.75, 3.05) is 12.4 Å². The van der Waals surface area contributed by atoms with Gasteiger partial charge in [0, 0.05) is 30.5 Å². The predicted molar refractivity (Wildman–Crippen MR) is 112 cm³/mol. The zero-order valence-electron chi connectivity index (χ0n) is 16.9. The highest BCUT2D eigenvalue weighted by atomic mass is 32.1. The van der Waals surface area contributed by atoms with E-state index >= 15 is 0 Å². The van der Waals surface area contributed by atoms with Crippen molar-refractivity contribution in [2.45, 2.75) is 43.4 Å². The molecule has 0 spiro atoms. The number of carbonyl (C=O) groups excluding carboxylic acids is 3. The lowest BCUT2D eigenvalue weighted by molar-refractivity contribution is -0.144. The summed E-state index contributed by atoms with van der Waals surface area (Å²) in [4.78, 5) is 66.0. The van der Waals surface area contributed by atoms with Gasteiger partial charge < -0.3 is 42.0 Å². The molecule has 1 aromatic rings. The number of aliphatic carboxylic acids is 2. The quantitative estimate of drug-likeness (QED) is 0.121. The summed E-state index contributed by atoms with van der Waals surface area (Å²) in [6.07, 6.45) is 1.83. The van der Waals surface area contributed by atoms with Crippen LogP contribution in [0.1, 0.15) is 18.5 Å². The molecule has 0 saturated carbocycles. The van der Waals surface area contributed by atoms with Crippen molar-refractivity contribution in [1.29, 1.82) is 0 Å². The van der Waals surface area contributed by atoms with E-state index < -0.39 is 66.9 Å². The third kappa shape index (κ3) is 8.91. The number of imidazole rings is 1. The number of thiol groups is 1. The zero-order valence-corrected chi connectivity index (χ0v) is 17.7. The first-order valence-corrected chi connectivity index (χ1v) is 10.0. The van der Waals surface area contributed by atoms with Gasteiger partial charge in [0.25, 0.3) is 0 Å². The lowest BCUT2D eigenvalue weighted by atomic mass is 10.1. The Morgan fingerprint density at radius 1 is 1.03 bits per heavy atom. The number of nitrogens with two attached hydrogens (primary N) is 1. The standard InChI is InChI=1S/C17H26N6O8S/c18-9(6-32)14(27)22-11(3-8-4-19-7-20-8)16(29)21-10(1-2-13(25)26)15(28)23-12(5-24)17(30)31/h4,7,9-12,24,32H,1-3,5-6,18H2,(H,19,20)(H,21,29)(H,22,27)(H,23,28)(H,25,26)(H,30,31). The van der Waals surface area contributed by atoms with E-state index in [1.807, 2.05) is 5.32 Å². The molecule has 0 aliphatic heterocycles. The Bertz CT molecular complexity index is 805. The molecular formula is C17H26N6O8S. The molecule has 0 aromatic carbocycles. The van der Waals surface area contributed by atoms with Crippen LogP contribution in [-0.2, 0) is 30.4 Å². The molecule has 1 aromatic heterocycles. The van der Waals surface area contributed by atoms with E-state index in [9.17, 15) is 24.0 Å². The minimum Gasteiger partial charge on any atom is -0.481 e. The van der Waals surface area contributed by atoms with Crippen molar-refractivity contribution in [3.63, 3.8) is 0 Å². The zero-order chi connectivity index (χ0) is 24.3. The van der Waals surface area contributed by atoms with Gasteiger partial charge in [-0.15, -0.1) is 0 Å². The number of H-pyrrole nitrogens is 1. The van der Waals surface area contributed by atoms with E-state index in [2.05, 4.69) is 33.2 Å². The summed E-state index contributed by atoms with van der Waals surface area (Å²) < 4.78 is 0. The minimum atomic E-state index is -1.65. The molecule has 14 nitrogen and oxygen atoms in total. The first kappa shape index (κ1) is 26.9. The van der Waals surface area contributed by atoms with Gasteiger partial charge in [0.2, 0.25) is 17.7 Å². The molecule has 1 rings (SSSR count). The molecule has 0 aliphatic rings. The Hall–Kier alpha value is -3.17. The predicted octanol–water partition coefficient (Wildman–Crippen LogP) is -3.39. The third-order valence-electron chi connectivity index (χ3n) is 4.22.